The molecule has 0 aliphatic rings. The molecule has 170 valence electrons. The first-order chi connectivity index (χ1) is 14.6. The summed E-state index contributed by atoms with van der Waals surface area (Å²) < 4.78 is 12.5. The van der Waals surface area contributed by atoms with Gasteiger partial charge in [0, 0.05) is 5.33 Å². The molecule has 0 N–H and O–H groups in total. The minimum absolute atomic E-state index is 0.277. The number of esters is 1. The third kappa shape index (κ3) is 8.13. The summed E-state index contributed by atoms with van der Waals surface area (Å²) in [6.45, 7) is 10.1. The maximum atomic E-state index is 13.2. The molecule has 1 aromatic heterocycles. The number of alkyl halides is 1. The first-order valence-electron chi connectivity index (χ1n) is 10.7. The quantitative estimate of drug-likeness (QED) is 0.326. The first-order valence-corrected chi connectivity index (χ1v) is 11.8. The van der Waals surface area contributed by atoms with Gasteiger partial charge >= 0.3 is 11.7 Å². The van der Waals surface area contributed by atoms with Gasteiger partial charge in [-0.25, -0.2) is 4.79 Å². The van der Waals surface area contributed by atoms with Crippen LogP contribution in [0.4, 0.5) is 0 Å². The van der Waals surface area contributed by atoms with E-state index in [9.17, 15) is 9.59 Å². The van der Waals surface area contributed by atoms with E-state index in [4.69, 9.17) is 9.15 Å². The number of carbonyl (C=O) groups is 1. The second-order valence-corrected chi connectivity index (χ2v) is 9.84. The van der Waals surface area contributed by atoms with E-state index in [1.54, 1.807) is 0 Å². The van der Waals surface area contributed by atoms with Crippen LogP contribution in [-0.4, -0.2) is 26.7 Å². The molecule has 6 nitrogen and oxygen atoms in total. The van der Waals surface area contributed by atoms with E-state index >= 15 is 0 Å². The number of allylic oxidation sites excluding steroid dienone is 1. The van der Waals surface area contributed by atoms with Crippen LogP contribution in [0.1, 0.15) is 64.8 Å². The van der Waals surface area contributed by atoms with Crippen LogP contribution in [0.15, 0.2) is 45.6 Å². The summed E-state index contributed by atoms with van der Waals surface area (Å²) in [6, 6.07) is 9.91. The number of benzene rings is 1. The highest BCUT2D eigenvalue weighted by Gasteiger charge is 2.36. The van der Waals surface area contributed by atoms with Gasteiger partial charge in [-0.1, -0.05) is 72.3 Å². The van der Waals surface area contributed by atoms with Crippen LogP contribution < -0.4 is 5.76 Å². The number of ether oxygens (including phenoxy) is 1. The molecule has 0 fully saturated rings. The van der Waals surface area contributed by atoms with Gasteiger partial charge in [0.25, 0.3) is 0 Å². The zero-order chi connectivity index (χ0) is 23.0. The average molecular weight is 493 g/mol. The van der Waals surface area contributed by atoms with Crippen molar-refractivity contribution in [3.8, 4) is 0 Å². The van der Waals surface area contributed by atoms with E-state index in [1.807, 2.05) is 63.3 Å². The Labute approximate surface area is 192 Å². The molecule has 7 heteroatoms. The van der Waals surface area contributed by atoms with Crippen molar-refractivity contribution in [1.29, 1.82) is 0 Å². The fourth-order valence-electron chi connectivity index (χ4n) is 3.36. The van der Waals surface area contributed by atoms with Crippen molar-refractivity contribution in [3.05, 3.63) is 58.4 Å². The molecule has 31 heavy (non-hydrogen) atoms. The SMILES string of the molecule is CC(C)C[C@@H](c1nn(CCBr)c(=O)o1)[C@H](CC=Cc1ccccc1)C(=O)OC(C)(C)C. The molecule has 0 radical (unpaired) electrons. The largest absolute Gasteiger partial charge is 0.460 e. The van der Waals surface area contributed by atoms with Crippen LogP contribution in [0.2, 0.25) is 0 Å². The molecule has 1 heterocycles. The lowest BCUT2D eigenvalue weighted by Crippen LogP contribution is -2.32. The van der Waals surface area contributed by atoms with Gasteiger partial charge in [-0.2, -0.15) is 4.68 Å². The molecule has 0 aliphatic carbocycles. The average Bonchev–Trinajstić information content (AvgIpc) is 3.03. The Balaban J connectivity index is 2.39. The van der Waals surface area contributed by atoms with E-state index in [2.05, 4.69) is 34.9 Å². The second kappa shape index (κ2) is 11.5. The van der Waals surface area contributed by atoms with Crippen molar-refractivity contribution >= 4 is 28.0 Å². The van der Waals surface area contributed by atoms with Gasteiger partial charge in [-0.05, 0) is 45.1 Å². The van der Waals surface area contributed by atoms with Crippen molar-refractivity contribution in [2.24, 2.45) is 11.8 Å². The van der Waals surface area contributed by atoms with Crippen molar-refractivity contribution in [2.75, 3.05) is 5.33 Å². The number of nitrogens with zero attached hydrogens (tertiary/aromatic N) is 2. The topological polar surface area (TPSA) is 74.3 Å². The Kier molecular flexibility index (Phi) is 9.29. The van der Waals surface area contributed by atoms with E-state index in [0.717, 1.165) is 5.56 Å². The number of aryl methyl sites for hydroxylation is 1. The van der Waals surface area contributed by atoms with Crippen LogP contribution in [0, 0.1) is 11.8 Å². The molecule has 0 bridgehead atoms. The highest BCUT2D eigenvalue weighted by molar-refractivity contribution is 9.09. The monoisotopic (exact) mass is 492 g/mol. The van der Waals surface area contributed by atoms with Gasteiger partial charge in [0.15, 0.2) is 0 Å². The zero-order valence-electron chi connectivity index (χ0n) is 19.0. The summed E-state index contributed by atoms with van der Waals surface area (Å²) in [4.78, 5) is 25.4. The number of halogens is 1. The molecule has 0 amide bonds. The van der Waals surface area contributed by atoms with Gasteiger partial charge in [-0.15, -0.1) is 5.10 Å². The molecule has 0 spiro atoms. The number of hydrogen-bond donors (Lipinski definition) is 0. The fraction of sp³-hybridized carbons (Fsp3) is 0.542. The lowest BCUT2D eigenvalue weighted by molar-refractivity contribution is -0.161. The van der Waals surface area contributed by atoms with Crippen LogP contribution in [-0.2, 0) is 16.1 Å². The maximum Gasteiger partial charge on any atom is 0.437 e. The third-order valence-corrected chi connectivity index (χ3v) is 5.01. The van der Waals surface area contributed by atoms with Gasteiger partial charge in [-0.3, -0.25) is 4.79 Å². The van der Waals surface area contributed by atoms with E-state index < -0.39 is 17.3 Å². The van der Waals surface area contributed by atoms with Gasteiger partial charge in [0.1, 0.15) is 5.60 Å². The Morgan fingerprint density at radius 3 is 2.52 bits per heavy atom. The normalized spacial score (nSPS) is 14.2. The zero-order valence-corrected chi connectivity index (χ0v) is 20.6. The highest BCUT2D eigenvalue weighted by atomic mass is 79.9. The summed E-state index contributed by atoms with van der Waals surface area (Å²) in [5.74, 6) is -1.13. The van der Waals surface area contributed by atoms with Crippen LogP contribution in [0.5, 0.6) is 0 Å². The third-order valence-electron chi connectivity index (χ3n) is 4.66. The van der Waals surface area contributed by atoms with Crippen LogP contribution >= 0.6 is 15.9 Å². The smallest absolute Gasteiger partial charge is 0.437 e. The standard InChI is InChI=1S/C24H33BrN2O4/c1-17(2)16-20(21-26-27(15-14-25)23(29)30-21)19(22(28)31-24(3,4)5)13-9-12-18-10-7-6-8-11-18/h6-12,17,19-20H,13-16H2,1-5H3/t19-,20+/m0/s1. The number of hydrogen-bond acceptors (Lipinski definition) is 5. The molecule has 0 saturated carbocycles. The van der Waals surface area contributed by atoms with Gasteiger partial charge in [0.2, 0.25) is 5.89 Å². The van der Waals surface area contributed by atoms with Crippen molar-refractivity contribution in [2.45, 2.75) is 65.5 Å². The summed E-state index contributed by atoms with van der Waals surface area (Å²) >= 11 is 3.32. The van der Waals surface area contributed by atoms with Crippen LogP contribution in [0.3, 0.4) is 0 Å². The molecule has 0 aliphatic heterocycles. The molecular formula is C24H33BrN2O4. The minimum Gasteiger partial charge on any atom is -0.460 e. The molecule has 1 aromatic carbocycles. The second-order valence-electron chi connectivity index (χ2n) is 9.04. The molecule has 2 aromatic rings. The minimum atomic E-state index is -0.614. The lowest BCUT2D eigenvalue weighted by atomic mass is 9.83. The predicted molar refractivity (Wildman–Crippen MR) is 126 cm³/mol. The maximum absolute atomic E-state index is 13.2. The summed E-state index contributed by atoms with van der Waals surface area (Å²) in [7, 11) is 0. The summed E-state index contributed by atoms with van der Waals surface area (Å²) in [5, 5.41) is 4.98. The molecular weight excluding hydrogens is 460 g/mol. The van der Waals surface area contributed by atoms with E-state index in [1.165, 1.54) is 4.68 Å². The van der Waals surface area contributed by atoms with E-state index in [0.29, 0.717) is 30.6 Å². The summed E-state index contributed by atoms with van der Waals surface area (Å²) in [5.41, 5.74) is 0.441. The van der Waals surface area contributed by atoms with Gasteiger partial charge in [0.05, 0.1) is 18.4 Å². The highest BCUT2D eigenvalue weighted by Crippen LogP contribution is 2.34. The lowest BCUT2D eigenvalue weighted by Gasteiger charge is -2.28. The van der Waals surface area contributed by atoms with Gasteiger partial charge < -0.3 is 9.15 Å². The fourth-order valence-corrected chi connectivity index (χ4v) is 3.69. The van der Waals surface area contributed by atoms with Crippen LogP contribution in [0.25, 0.3) is 6.08 Å². The molecule has 2 atom stereocenters. The molecule has 0 saturated heterocycles. The first kappa shape index (κ1) is 25.1. The Morgan fingerprint density at radius 1 is 1.26 bits per heavy atom. The Morgan fingerprint density at radius 2 is 1.94 bits per heavy atom. The number of rotatable bonds is 10. The molecule has 2 rings (SSSR count). The number of carbonyl (C=O) groups excluding carboxylic acids is 1. The Bertz CT molecular complexity index is 910. The van der Waals surface area contributed by atoms with Crippen molar-refractivity contribution in [3.63, 3.8) is 0 Å². The predicted octanol–water partition coefficient (Wildman–Crippen LogP) is 5.42. The van der Waals surface area contributed by atoms with Crippen molar-refractivity contribution < 1.29 is 13.9 Å². The Hall–Kier alpha value is -2.15. The number of aromatic nitrogens is 2. The summed E-state index contributed by atoms with van der Waals surface area (Å²) in [6.07, 6.45) is 5.07. The van der Waals surface area contributed by atoms with Crippen molar-refractivity contribution in [1.82, 2.24) is 9.78 Å². The molecule has 0 unspecified atom stereocenters. The van der Waals surface area contributed by atoms with E-state index in [-0.39, 0.29) is 17.8 Å².